The molecule has 0 fully saturated rings. The summed E-state index contributed by atoms with van der Waals surface area (Å²) in [7, 11) is 0.338. The van der Waals surface area contributed by atoms with Gasteiger partial charge in [-0.15, -0.1) is 0 Å². The molecule has 0 bridgehead atoms. The maximum absolute atomic E-state index is 10.2. The molecule has 0 saturated heterocycles. The van der Waals surface area contributed by atoms with Crippen LogP contribution in [0, 0.1) is 0 Å². The molecular weight excluding hydrogens is 310 g/mol. The van der Waals surface area contributed by atoms with E-state index in [9.17, 15) is 5.11 Å². The Hall–Kier alpha value is -1.49. The third kappa shape index (κ3) is 2.87. The second-order valence-corrected chi connectivity index (χ2v) is 7.27. The number of rotatable bonds is 4. The SMILES string of the molecule is CC(C)(O)C(C)(C)OBc1ccc(Cl)c2c1oc1ccccc12. The molecule has 23 heavy (non-hydrogen) atoms. The van der Waals surface area contributed by atoms with Crippen molar-refractivity contribution in [3.05, 3.63) is 41.4 Å². The highest BCUT2D eigenvalue weighted by Gasteiger charge is 2.36. The van der Waals surface area contributed by atoms with E-state index >= 15 is 0 Å². The predicted octanol–water partition coefficient (Wildman–Crippen LogP) is 3.78. The number of hydrogen-bond donors (Lipinski definition) is 1. The van der Waals surface area contributed by atoms with Crippen LogP contribution in [-0.4, -0.2) is 23.8 Å². The van der Waals surface area contributed by atoms with Crippen molar-refractivity contribution in [2.24, 2.45) is 0 Å². The lowest BCUT2D eigenvalue weighted by molar-refractivity contribution is -0.0893. The fourth-order valence-corrected chi connectivity index (χ4v) is 2.64. The second kappa shape index (κ2) is 5.55. The van der Waals surface area contributed by atoms with Crippen LogP contribution in [0.1, 0.15) is 27.7 Å². The molecule has 2 aromatic carbocycles. The highest BCUT2D eigenvalue weighted by Crippen LogP contribution is 2.33. The molecule has 0 atom stereocenters. The summed E-state index contributed by atoms with van der Waals surface area (Å²) < 4.78 is 12.0. The first-order chi connectivity index (χ1) is 10.7. The van der Waals surface area contributed by atoms with E-state index in [0.29, 0.717) is 12.5 Å². The van der Waals surface area contributed by atoms with Crippen molar-refractivity contribution in [3.8, 4) is 0 Å². The standard InChI is InChI=1S/C18H20BClO3/c1-17(2,21)18(3,4)23-19-12-9-10-13(20)15-11-7-5-6-8-14(11)22-16(12)15/h5-10,19,21H,1-4H3. The van der Waals surface area contributed by atoms with E-state index in [0.717, 1.165) is 27.4 Å². The van der Waals surface area contributed by atoms with Crippen LogP contribution in [0.5, 0.6) is 0 Å². The molecule has 0 amide bonds. The van der Waals surface area contributed by atoms with Crippen molar-refractivity contribution in [1.29, 1.82) is 0 Å². The van der Waals surface area contributed by atoms with Gasteiger partial charge in [-0.05, 0) is 45.3 Å². The van der Waals surface area contributed by atoms with E-state index in [4.69, 9.17) is 20.7 Å². The summed E-state index contributed by atoms with van der Waals surface area (Å²) in [5.74, 6) is 0. The zero-order valence-corrected chi connectivity index (χ0v) is 14.6. The Morgan fingerprint density at radius 1 is 1.09 bits per heavy atom. The highest BCUT2D eigenvalue weighted by molar-refractivity contribution is 6.52. The number of halogens is 1. The minimum Gasteiger partial charge on any atom is -0.456 e. The first-order valence-electron chi connectivity index (χ1n) is 7.66. The minimum atomic E-state index is -0.952. The molecule has 0 unspecified atom stereocenters. The molecule has 5 heteroatoms. The van der Waals surface area contributed by atoms with Crippen LogP contribution in [0.4, 0.5) is 0 Å². The molecule has 0 aliphatic rings. The van der Waals surface area contributed by atoms with E-state index in [1.165, 1.54) is 0 Å². The summed E-state index contributed by atoms with van der Waals surface area (Å²) >= 11 is 6.37. The van der Waals surface area contributed by atoms with Crippen LogP contribution in [-0.2, 0) is 4.65 Å². The molecule has 3 aromatic rings. The van der Waals surface area contributed by atoms with Crippen LogP contribution in [0.2, 0.25) is 5.02 Å². The van der Waals surface area contributed by atoms with Gasteiger partial charge >= 0.3 is 7.48 Å². The largest absolute Gasteiger partial charge is 0.456 e. The summed E-state index contributed by atoms with van der Waals surface area (Å²) in [6.07, 6.45) is 0. The van der Waals surface area contributed by atoms with E-state index in [-0.39, 0.29) is 0 Å². The third-order valence-corrected chi connectivity index (χ3v) is 4.93. The van der Waals surface area contributed by atoms with Crippen molar-refractivity contribution in [1.82, 2.24) is 0 Å². The molecule has 1 N–H and O–H groups in total. The summed E-state index contributed by atoms with van der Waals surface area (Å²) in [5.41, 5.74) is 0.818. The number of aliphatic hydroxyl groups is 1. The molecule has 1 heterocycles. The molecule has 0 spiro atoms. The molecular formula is C18H20BClO3. The zero-order valence-electron chi connectivity index (χ0n) is 13.8. The molecule has 1 aromatic heterocycles. The van der Waals surface area contributed by atoms with Gasteiger partial charge < -0.3 is 14.2 Å². The average molecular weight is 331 g/mol. The molecule has 3 rings (SSSR count). The summed E-state index contributed by atoms with van der Waals surface area (Å²) in [6.45, 7) is 7.23. The van der Waals surface area contributed by atoms with Crippen LogP contribution >= 0.6 is 11.6 Å². The van der Waals surface area contributed by atoms with Gasteiger partial charge in [0.2, 0.25) is 0 Å². The van der Waals surface area contributed by atoms with Crippen LogP contribution in [0.3, 0.4) is 0 Å². The van der Waals surface area contributed by atoms with Crippen LogP contribution in [0.25, 0.3) is 21.9 Å². The number of fused-ring (bicyclic) bond motifs is 3. The predicted molar refractivity (Wildman–Crippen MR) is 97.0 cm³/mol. The van der Waals surface area contributed by atoms with Crippen molar-refractivity contribution >= 4 is 46.5 Å². The maximum Gasteiger partial charge on any atom is 0.313 e. The summed E-state index contributed by atoms with van der Waals surface area (Å²) in [6, 6.07) is 11.6. The van der Waals surface area contributed by atoms with Gasteiger partial charge in [0.15, 0.2) is 0 Å². The lowest BCUT2D eigenvalue weighted by Gasteiger charge is -2.37. The van der Waals surface area contributed by atoms with Gasteiger partial charge in [0, 0.05) is 10.8 Å². The zero-order chi connectivity index (χ0) is 16.8. The van der Waals surface area contributed by atoms with E-state index in [2.05, 4.69) is 0 Å². The van der Waals surface area contributed by atoms with Gasteiger partial charge in [-0.2, -0.15) is 0 Å². The quantitative estimate of drug-likeness (QED) is 0.740. The second-order valence-electron chi connectivity index (χ2n) is 6.87. The molecule has 0 radical (unpaired) electrons. The summed E-state index contributed by atoms with van der Waals surface area (Å²) in [4.78, 5) is 0. The molecule has 3 nitrogen and oxygen atoms in total. The molecule has 0 saturated carbocycles. The minimum absolute atomic E-state index is 0.338. The Labute approximate surface area is 141 Å². The van der Waals surface area contributed by atoms with Crippen molar-refractivity contribution in [2.75, 3.05) is 0 Å². The van der Waals surface area contributed by atoms with E-state index < -0.39 is 11.2 Å². The maximum atomic E-state index is 10.2. The van der Waals surface area contributed by atoms with Gasteiger partial charge in [-0.3, -0.25) is 0 Å². The van der Waals surface area contributed by atoms with Gasteiger partial charge in [0.1, 0.15) is 11.2 Å². The first kappa shape index (κ1) is 16.4. The Kier molecular flexibility index (Phi) is 3.95. The lowest BCUT2D eigenvalue weighted by Crippen LogP contribution is -2.49. The van der Waals surface area contributed by atoms with Gasteiger partial charge in [-0.1, -0.05) is 35.9 Å². The molecule has 0 aliphatic heterocycles. The third-order valence-electron chi connectivity index (χ3n) is 4.62. The normalized spacial score (nSPS) is 13.0. The first-order valence-corrected chi connectivity index (χ1v) is 8.03. The number of benzene rings is 2. The Balaban J connectivity index is 2.04. The van der Waals surface area contributed by atoms with Crippen molar-refractivity contribution in [3.63, 3.8) is 0 Å². The Bertz CT molecular complexity index is 862. The topological polar surface area (TPSA) is 42.6 Å². The van der Waals surface area contributed by atoms with Crippen LogP contribution in [0.15, 0.2) is 40.8 Å². The number of para-hydroxylation sites is 1. The fraction of sp³-hybridized carbons (Fsp3) is 0.333. The molecule has 0 aliphatic carbocycles. The van der Waals surface area contributed by atoms with E-state index in [1.54, 1.807) is 13.8 Å². The Morgan fingerprint density at radius 3 is 2.48 bits per heavy atom. The van der Waals surface area contributed by atoms with Gasteiger partial charge in [0.25, 0.3) is 0 Å². The summed E-state index contributed by atoms with van der Waals surface area (Å²) in [5, 5.41) is 12.8. The lowest BCUT2D eigenvalue weighted by atomic mass is 9.82. The number of furan rings is 1. The smallest absolute Gasteiger partial charge is 0.313 e. The monoisotopic (exact) mass is 330 g/mol. The van der Waals surface area contributed by atoms with Gasteiger partial charge in [-0.25, -0.2) is 0 Å². The Morgan fingerprint density at radius 2 is 1.78 bits per heavy atom. The van der Waals surface area contributed by atoms with E-state index in [1.807, 2.05) is 50.2 Å². The van der Waals surface area contributed by atoms with Crippen molar-refractivity contribution < 1.29 is 14.2 Å². The van der Waals surface area contributed by atoms with Crippen molar-refractivity contribution in [2.45, 2.75) is 38.9 Å². The number of hydrogen-bond acceptors (Lipinski definition) is 3. The highest BCUT2D eigenvalue weighted by atomic mass is 35.5. The molecule has 120 valence electrons. The van der Waals surface area contributed by atoms with Gasteiger partial charge in [0.05, 0.1) is 16.2 Å². The fourth-order valence-electron chi connectivity index (χ4n) is 2.39. The average Bonchev–Trinajstić information content (AvgIpc) is 2.85. The van der Waals surface area contributed by atoms with Crippen LogP contribution < -0.4 is 5.46 Å².